The Morgan fingerprint density at radius 2 is 2.00 bits per heavy atom. The molecule has 0 radical (unpaired) electrons. The molecule has 0 aliphatic carbocycles. The van der Waals surface area contributed by atoms with E-state index in [-0.39, 0.29) is 24.5 Å². The fourth-order valence-electron chi connectivity index (χ4n) is 2.34. The summed E-state index contributed by atoms with van der Waals surface area (Å²) in [6.45, 7) is -0.158. The van der Waals surface area contributed by atoms with Crippen molar-refractivity contribution in [3.8, 4) is 17.1 Å². The molecule has 0 aliphatic heterocycles. The molecule has 0 unspecified atom stereocenters. The Bertz CT molecular complexity index is 942. The van der Waals surface area contributed by atoms with Crippen LogP contribution >= 0.6 is 0 Å². The summed E-state index contributed by atoms with van der Waals surface area (Å²) in [6, 6.07) is 10.1. The monoisotopic (exact) mass is 382 g/mol. The van der Waals surface area contributed by atoms with Gasteiger partial charge in [0.2, 0.25) is 11.7 Å². The number of hydrogen-bond acceptors (Lipinski definition) is 8. The third kappa shape index (κ3) is 5.13. The van der Waals surface area contributed by atoms with E-state index in [1.54, 1.807) is 42.7 Å². The van der Waals surface area contributed by atoms with Crippen molar-refractivity contribution in [2.24, 2.45) is 5.73 Å². The second kappa shape index (κ2) is 9.26. The second-order valence-electron chi connectivity index (χ2n) is 5.74. The number of benzene rings is 1. The van der Waals surface area contributed by atoms with Gasteiger partial charge < -0.3 is 19.7 Å². The van der Waals surface area contributed by atoms with Gasteiger partial charge in [-0.15, -0.1) is 0 Å². The van der Waals surface area contributed by atoms with E-state index in [0.717, 1.165) is 5.56 Å². The number of aromatic nitrogens is 3. The van der Waals surface area contributed by atoms with Gasteiger partial charge in [-0.25, -0.2) is 4.79 Å². The fourth-order valence-corrected chi connectivity index (χ4v) is 2.34. The normalized spacial score (nSPS) is 10.4. The molecule has 0 fully saturated rings. The maximum absolute atomic E-state index is 12.2. The zero-order chi connectivity index (χ0) is 19.8. The zero-order valence-electron chi connectivity index (χ0n) is 14.9. The molecule has 0 bridgehead atoms. The predicted molar refractivity (Wildman–Crippen MR) is 97.3 cm³/mol. The van der Waals surface area contributed by atoms with Crippen molar-refractivity contribution in [1.82, 2.24) is 15.1 Å². The van der Waals surface area contributed by atoms with Crippen LogP contribution in [0.4, 0.5) is 0 Å². The van der Waals surface area contributed by atoms with E-state index in [1.165, 1.54) is 0 Å². The number of aryl methyl sites for hydroxylation is 1. The number of para-hydroxylation sites is 1. The summed E-state index contributed by atoms with van der Waals surface area (Å²) in [5.41, 5.74) is 6.04. The van der Waals surface area contributed by atoms with Crippen LogP contribution in [-0.2, 0) is 16.0 Å². The molecule has 2 heterocycles. The number of nitrogens with two attached hydrogens (primary N) is 1. The number of pyridine rings is 1. The van der Waals surface area contributed by atoms with E-state index < -0.39 is 11.9 Å². The molecule has 3 aromatic rings. The van der Waals surface area contributed by atoms with Crippen LogP contribution in [-0.4, -0.2) is 40.2 Å². The minimum absolute atomic E-state index is 0.160. The number of carbonyl (C=O) groups excluding carboxylic acids is 2. The highest BCUT2D eigenvalue weighted by atomic mass is 16.5. The maximum Gasteiger partial charge on any atom is 0.341 e. The fraction of sp³-hybridized carbons (Fsp3) is 0.211. The number of carbonyl (C=O) groups is 2. The molecule has 3 rings (SSSR count). The molecule has 0 aliphatic rings. The highest BCUT2D eigenvalue weighted by molar-refractivity contribution is 5.92. The van der Waals surface area contributed by atoms with Gasteiger partial charge in [-0.2, -0.15) is 4.98 Å². The molecular weight excluding hydrogens is 364 g/mol. The van der Waals surface area contributed by atoms with Crippen LogP contribution in [0.5, 0.6) is 5.75 Å². The average molecular weight is 382 g/mol. The summed E-state index contributed by atoms with van der Waals surface area (Å²) >= 11 is 0. The van der Waals surface area contributed by atoms with E-state index in [2.05, 4.69) is 15.1 Å². The number of amides is 1. The zero-order valence-corrected chi connectivity index (χ0v) is 14.9. The maximum atomic E-state index is 12.2. The molecule has 0 atom stereocenters. The van der Waals surface area contributed by atoms with Gasteiger partial charge in [0.15, 0.2) is 6.61 Å². The van der Waals surface area contributed by atoms with E-state index in [9.17, 15) is 9.59 Å². The number of nitrogens with zero attached hydrogens (tertiary/aromatic N) is 3. The van der Waals surface area contributed by atoms with Gasteiger partial charge in [0.05, 0.1) is 6.61 Å². The topological polar surface area (TPSA) is 130 Å². The van der Waals surface area contributed by atoms with Gasteiger partial charge in [0.25, 0.3) is 5.91 Å². The predicted octanol–water partition coefficient (Wildman–Crippen LogP) is 1.79. The Morgan fingerprint density at radius 1 is 1.14 bits per heavy atom. The van der Waals surface area contributed by atoms with Crippen LogP contribution in [0.15, 0.2) is 53.3 Å². The highest BCUT2D eigenvalue weighted by Crippen LogP contribution is 2.19. The standard InChI is InChI=1S/C19H18N4O5/c20-16(24)12-27-15-7-2-1-6-14(15)19(25)26-10-4-8-17-22-18(23-28-17)13-5-3-9-21-11-13/h1-3,5-7,9,11H,4,8,10,12H2,(H2,20,24). The third-order valence-electron chi connectivity index (χ3n) is 3.63. The first-order chi connectivity index (χ1) is 13.6. The molecule has 0 saturated carbocycles. The van der Waals surface area contributed by atoms with Gasteiger partial charge in [-0.3, -0.25) is 9.78 Å². The molecule has 28 heavy (non-hydrogen) atoms. The molecular formula is C19H18N4O5. The third-order valence-corrected chi connectivity index (χ3v) is 3.63. The number of esters is 1. The molecule has 9 nitrogen and oxygen atoms in total. The lowest BCUT2D eigenvalue weighted by Crippen LogP contribution is -2.21. The molecule has 144 valence electrons. The Labute approximate surface area is 160 Å². The van der Waals surface area contributed by atoms with Crippen molar-refractivity contribution in [1.29, 1.82) is 0 Å². The Morgan fingerprint density at radius 3 is 2.79 bits per heavy atom. The smallest absolute Gasteiger partial charge is 0.341 e. The molecule has 2 N–H and O–H groups in total. The van der Waals surface area contributed by atoms with Gasteiger partial charge in [0, 0.05) is 24.4 Å². The molecule has 9 heteroatoms. The van der Waals surface area contributed by atoms with Crippen molar-refractivity contribution < 1.29 is 23.6 Å². The van der Waals surface area contributed by atoms with E-state index in [4.69, 9.17) is 19.7 Å². The van der Waals surface area contributed by atoms with Gasteiger partial charge >= 0.3 is 5.97 Å². The van der Waals surface area contributed by atoms with Crippen molar-refractivity contribution in [2.45, 2.75) is 12.8 Å². The van der Waals surface area contributed by atoms with Gasteiger partial charge in [0.1, 0.15) is 11.3 Å². The number of primary amides is 1. The Hall–Kier alpha value is -3.75. The first-order valence-electron chi connectivity index (χ1n) is 8.53. The molecule has 0 spiro atoms. The first kappa shape index (κ1) is 19.0. The largest absolute Gasteiger partial charge is 0.483 e. The SMILES string of the molecule is NC(=O)COc1ccccc1C(=O)OCCCc1nc(-c2cccnc2)no1. The summed E-state index contributed by atoms with van der Waals surface area (Å²) in [5, 5.41) is 3.91. The van der Waals surface area contributed by atoms with Gasteiger partial charge in [-0.05, 0) is 30.7 Å². The number of hydrogen-bond donors (Lipinski definition) is 1. The number of rotatable bonds is 9. The molecule has 0 saturated heterocycles. The summed E-state index contributed by atoms with van der Waals surface area (Å²) in [7, 11) is 0. The highest BCUT2D eigenvalue weighted by Gasteiger charge is 2.14. The van der Waals surface area contributed by atoms with Crippen LogP contribution in [0.3, 0.4) is 0 Å². The quantitative estimate of drug-likeness (QED) is 0.438. The van der Waals surface area contributed by atoms with Crippen LogP contribution < -0.4 is 10.5 Å². The Kier molecular flexibility index (Phi) is 6.29. The summed E-state index contributed by atoms with van der Waals surface area (Å²) in [5.74, 6) is -0.0416. The average Bonchev–Trinajstić information content (AvgIpc) is 3.19. The summed E-state index contributed by atoms with van der Waals surface area (Å²) in [4.78, 5) is 31.4. The summed E-state index contributed by atoms with van der Waals surface area (Å²) < 4.78 is 15.7. The molecule has 1 amide bonds. The van der Waals surface area contributed by atoms with Crippen molar-refractivity contribution >= 4 is 11.9 Å². The van der Waals surface area contributed by atoms with Gasteiger partial charge in [-0.1, -0.05) is 17.3 Å². The minimum Gasteiger partial charge on any atom is -0.483 e. The number of ether oxygens (including phenoxy) is 2. The van der Waals surface area contributed by atoms with Crippen LogP contribution in [0.25, 0.3) is 11.4 Å². The molecule has 1 aromatic carbocycles. The van der Waals surface area contributed by atoms with Crippen LogP contribution in [0.2, 0.25) is 0 Å². The second-order valence-corrected chi connectivity index (χ2v) is 5.74. The lowest BCUT2D eigenvalue weighted by Gasteiger charge is -2.09. The lowest BCUT2D eigenvalue weighted by atomic mass is 10.2. The Balaban J connectivity index is 1.49. The van der Waals surface area contributed by atoms with Crippen LogP contribution in [0, 0.1) is 0 Å². The van der Waals surface area contributed by atoms with Crippen LogP contribution in [0.1, 0.15) is 22.7 Å². The van der Waals surface area contributed by atoms with E-state index >= 15 is 0 Å². The van der Waals surface area contributed by atoms with Crippen molar-refractivity contribution in [3.63, 3.8) is 0 Å². The lowest BCUT2D eigenvalue weighted by molar-refractivity contribution is -0.119. The summed E-state index contributed by atoms with van der Waals surface area (Å²) in [6.07, 6.45) is 4.27. The molecule has 2 aromatic heterocycles. The van der Waals surface area contributed by atoms with Crippen molar-refractivity contribution in [3.05, 3.63) is 60.2 Å². The first-order valence-corrected chi connectivity index (χ1v) is 8.53. The van der Waals surface area contributed by atoms with E-state index in [1.807, 2.05) is 6.07 Å². The van der Waals surface area contributed by atoms with E-state index in [0.29, 0.717) is 24.6 Å². The van der Waals surface area contributed by atoms with Crippen molar-refractivity contribution in [2.75, 3.05) is 13.2 Å². The minimum atomic E-state index is -0.631.